The zero-order valence-corrected chi connectivity index (χ0v) is 12.0. The SMILES string of the molecule is CC(C)[N-]C(C)[N-]C(C)C.[CH3-].[Y+3]. The topological polar surface area (TPSA) is 28.2 Å². The maximum atomic E-state index is 4.35. The number of rotatable bonds is 4. The summed E-state index contributed by atoms with van der Waals surface area (Å²) in [5.41, 5.74) is 0. The van der Waals surface area contributed by atoms with E-state index < -0.39 is 0 Å². The Labute approximate surface area is 103 Å². The van der Waals surface area contributed by atoms with Crippen LogP contribution in [0.4, 0.5) is 0 Å². The third-order valence-corrected chi connectivity index (χ3v) is 1.03. The van der Waals surface area contributed by atoms with E-state index in [9.17, 15) is 0 Å². The summed E-state index contributed by atoms with van der Waals surface area (Å²) < 4.78 is 0. The van der Waals surface area contributed by atoms with Crippen LogP contribution in [0.3, 0.4) is 0 Å². The Bertz CT molecular complexity index is 74.6. The predicted molar refractivity (Wildman–Crippen MR) is 52.9 cm³/mol. The average Bonchev–Trinajstić information content (AvgIpc) is 1.58. The van der Waals surface area contributed by atoms with Gasteiger partial charge in [-0.15, -0.1) is 19.0 Å². The van der Waals surface area contributed by atoms with Gasteiger partial charge in [-0.2, -0.15) is 0 Å². The zero-order valence-electron chi connectivity index (χ0n) is 9.20. The van der Waals surface area contributed by atoms with Crippen LogP contribution in [0.5, 0.6) is 0 Å². The standard InChI is InChI=1S/C8H18N2.CH3.Y/c1-6(2)9-8(5)10-7(3)4;;/h6-8H,1-5H3;1H3;/q-2;-1;+3. The number of hydrogen-bond donors (Lipinski definition) is 0. The van der Waals surface area contributed by atoms with Crippen molar-refractivity contribution in [3.05, 3.63) is 18.1 Å². The summed E-state index contributed by atoms with van der Waals surface area (Å²) >= 11 is 0. The molecule has 0 aliphatic heterocycles. The molecule has 2 nitrogen and oxygen atoms in total. The molecule has 3 heteroatoms. The van der Waals surface area contributed by atoms with Gasteiger partial charge in [-0.05, 0) is 0 Å². The third-order valence-electron chi connectivity index (χ3n) is 1.03. The molecule has 0 amide bonds. The van der Waals surface area contributed by atoms with Gasteiger partial charge < -0.3 is 18.1 Å². The van der Waals surface area contributed by atoms with Crippen molar-refractivity contribution in [3.8, 4) is 0 Å². The maximum absolute atomic E-state index is 4.35. The van der Waals surface area contributed by atoms with E-state index >= 15 is 0 Å². The summed E-state index contributed by atoms with van der Waals surface area (Å²) in [6.45, 7) is 10.3. The molecule has 0 bridgehead atoms. The minimum Gasteiger partial charge on any atom is -0.676 e. The average molecular weight is 246 g/mol. The first-order chi connectivity index (χ1) is 4.52. The van der Waals surface area contributed by atoms with Crippen LogP contribution in [0.1, 0.15) is 34.6 Å². The van der Waals surface area contributed by atoms with Gasteiger partial charge in [-0.1, -0.05) is 27.7 Å². The zero-order chi connectivity index (χ0) is 8.15. The molecule has 0 saturated carbocycles. The summed E-state index contributed by atoms with van der Waals surface area (Å²) in [6, 6.07) is 0.801. The molecule has 0 N–H and O–H groups in total. The van der Waals surface area contributed by atoms with Gasteiger partial charge in [0.15, 0.2) is 0 Å². The monoisotopic (exact) mass is 246 g/mol. The van der Waals surface area contributed by atoms with Gasteiger partial charge in [0.05, 0.1) is 0 Å². The van der Waals surface area contributed by atoms with Crippen molar-refractivity contribution in [2.45, 2.75) is 52.9 Å². The van der Waals surface area contributed by atoms with E-state index in [2.05, 4.69) is 38.3 Å². The summed E-state index contributed by atoms with van der Waals surface area (Å²) in [7, 11) is 0. The Balaban J connectivity index is -0.000000405. The summed E-state index contributed by atoms with van der Waals surface area (Å²) in [5.74, 6) is 0. The van der Waals surface area contributed by atoms with Crippen LogP contribution in [0, 0.1) is 7.43 Å². The summed E-state index contributed by atoms with van der Waals surface area (Å²) in [4.78, 5) is 0. The molecule has 0 fully saturated rings. The molecule has 0 rings (SSSR count). The quantitative estimate of drug-likeness (QED) is 0.680. The molecule has 0 aromatic heterocycles. The fraction of sp³-hybridized carbons (Fsp3) is 0.889. The van der Waals surface area contributed by atoms with Crippen molar-refractivity contribution in [2.24, 2.45) is 0 Å². The molecule has 0 aliphatic carbocycles. The molecule has 0 unspecified atom stereocenters. The third kappa shape index (κ3) is 13.6. The Morgan fingerprint density at radius 2 is 1.00 bits per heavy atom. The van der Waals surface area contributed by atoms with Gasteiger partial charge in [-0.25, -0.2) is 6.17 Å². The molecule has 70 valence electrons. The molecule has 12 heavy (non-hydrogen) atoms. The Kier molecular flexibility index (Phi) is 15.8. The molecule has 0 atom stereocenters. The van der Waals surface area contributed by atoms with Crippen LogP contribution >= 0.6 is 0 Å². The normalized spacial score (nSPS) is 10.0. The first-order valence-corrected chi connectivity index (χ1v) is 3.92. The molecule has 0 aromatic carbocycles. The van der Waals surface area contributed by atoms with Gasteiger partial charge in [0.25, 0.3) is 0 Å². The van der Waals surface area contributed by atoms with E-state index in [4.69, 9.17) is 0 Å². The van der Waals surface area contributed by atoms with Crippen molar-refractivity contribution < 1.29 is 32.7 Å². The van der Waals surface area contributed by atoms with Crippen LogP contribution in [0.15, 0.2) is 0 Å². The van der Waals surface area contributed by atoms with E-state index in [1.165, 1.54) is 0 Å². The van der Waals surface area contributed by atoms with Crippen molar-refractivity contribution in [1.29, 1.82) is 0 Å². The molecule has 0 aliphatic rings. The second-order valence-corrected chi connectivity index (χ2v) is 3.12. The molecule has 0 radical (unpaired) electrons. The van der Waals surface area contributed by atoms with Gasteiger partial charge >= 0.3 is 32.7 Å². The van der Waals surface area contributed by atoms with Crippen molar-refractivity contribution >= 4 is 0 Å². The van der Waals surface area contributed by atoms with E-state index in [-0.39, 0.29) is 46.3 Å². The molecule has 0 aromatic rings. The van der Waals surface area contributed by atoms with Crippen LogP contribution in [-0.4, -0.2) is 18.2 Å². The van der Waals surface area contributed by atoms with Gasteiger partial charge in [-0.3, -0.25) is 0 Å². The van der Waals surface area contributed by atoms with Gasteiger partial charge in [0.1, 0.15) is 0 Å². The van der Waals surface area contributed by atoms with E-state index in [1.54, 1.807) is 0 Å². The smallest absolute Gasteiger partial charge is 0.676 e. The summed E-state index contributed by atoms with van der Waals surface area (Å²) in [6.07, 6.45) is 0.167. The predicted octanol–water partition coefficient (Wildman–Crippen LogP) is 3.34. The maximum Gasteiger partial charge on any atom is 3.00 e. The Hall–Kier alpha value is 1.02. The van der Waals surface area contributed by atoms with E-state index in [0.29, 0.717) is 12.1 Å². The van der Waals surface area contributed by atoms with Crippen molar-refractivity contribution in [1.82, 2.24) is 0 Å². The van der Waals surface area contributed by atoms with E-state index in [0.717, 1.165) is 0 Å². The molecule has 0 saturated heterocycles. The van der Waals surface area contributed by atoms with Crippen LogP contribution in [0.25, 0.3) is 10.6 Å². The Morgan fingerprint density at radius 1 is 0.750 bits per heavy atom. The summed E-state index contributed by atoms with van der Waals surface area (Å²) in [5, 5.41) is 8.70. The Morgan fingerprint density at radius 3 is 1.17 bits per heavy atom. The fourth-order valence-electron chi connectivity index (χ4n) is 0.901. The second-order valence-electron chi connectivity index (χ2n) is 3.12. The first kappa shape index (κ1) is 18.7. The van der Waals surface area contributed by atoms with Gasteiger partial charge in [0, 0.05) is 0 Å². The molecular weight excluding hydrogens is 225 g/mol. The van der Waals surface area contributed by atoms with Crippen LogP contribution in [-0.2, 0) is 32.7 Å². The minimum absolute atomic E-state index is 0. The number of nitrogens with zero attached hydrogens (tertiary/aromatic N) is 2. The fourth-order valence-corrected chi connectivity index (χ4v) is 0.901. The molecular formula is C9H21N2Y. The minimum atomic E-state index is 0. The van der Waals surface area contributed by atoms with Crippen LogP contribution in [0.2, 0.25) is 0 Å². The van der Waals surface area contributed by atoms with E-state index in [1.807, 2.05) is 6.92 Å². The van der Waals surface area contributed by atoms with Crippen molar-refractivity contribution in [2.75, 3.05) is 0 Å². The van der Waals surface area contributed by atoms with Crippen molar-refractivity contribution in [3.63, 3.8) is 0 Å². The molecule has 0 spiro atoms. The second kappa shape index (κ2) is 10.1. The van der Waals surface area contributed by atoms with Crippen LogP contribution < -0.4 is 0 Å². The number of hydrogen-bond acceptors (Lipinski definition) is 0. The first-order valence-electron chi connectivity index (χ1n) is 3.92. The van der Waals surface area contributed by atoms with Gasteiger partial charge in [0.2, 0.25) is 0 Å². The molecule has 0 heterocycles. The largest absolute Gasteiger partial charge is 3.00 e.